The third kappa shape index (κ3) is 5.33. The van der Waals surface area contributed by atoms with E-state index in [2.05, 4.69) is 10.6 Å². The van der Waals surface area contributed by atoms with E-state index in [1.807, 2.05) is 19.1 Å². The highest BCUT2D eigenvalue weighted by molar-refractivity contribution is 7.90. The van der Waals surface area contributed by atoms with Crippen LogP contribution in [0.15, 0.2) is 83.8 Å². The lowest BCUT2D eigenvalue weighted by molar-refractivity contribution is 0.0939. The Morgan fingerprint density at radius 2 is 1.43 bits per heavy atom. The molecule has 3 aromatic rings. The number of hydrogen-bond acceptors (Lipinski definition) is 4. The predicted octanol–water partition coefficient (Wildman–Crippen LogP) is 3.83. The van der Waals surface area contributed by atoms with E-state index in [1.165, 1.54) is 24.3 Å². The smallest absolute Gasteiger partial charge is 0.255 e. The van der Waals surface area contributed by atoms with Crippen molar-refractivity contribution in [3.8, 4) is 0 Å². The molecule has 154 valence electrons. The number of carbonyl (C=O) groups is 2. The summed E-state index contributed by atoms with van der Waals surface area (Å²) in [5, 5.41) is 5.73. The molecule has 0 spiro atoms. The number of sulfone groups is 1. The van der Waals surface area contributed by atoms with Crippen molar-refractivity contribution in [2.45, 2.75) is 17.9 Å². The molecule has 6 nitrogen and oxygen atoms in total. The van der Waals surface area contributed by atoms with E-state index in [0.29, 0.717) is 16.8 Å². The van der Waals surface area contributed by atoms with Crippen molar-refractivity contribution in [2.75, 3.05) is 11.6 Å². The monoisotopic (exact) mass is 422 g/mol. The molecule has 0 aliphatic heterocycles. The van der Waals surface area contributed by atoms with Crippen LogP contribution in [0.4, 0.5) is 5.69 Å². The van der Waals surface area contributed by atoms with Gasteiger partial charge in [-0.1, -0.05) is 30.3 Å². The summed E-state index contributed by atoms with van der Waals surface area (Å²) in [6.07, 6.45) is 1.12. The molecular weight excluding hydrogens is 400 g/mol. The third-order valence-electron chi connectivity index (χ3n) is 4.57. The number of benzene rings is 3. The largest absolute Gasteiger partial charge is 0.346 e. The van der Waals surface area contributed by atoms with E-state index in [-0.39, 0.29) is 22.8 Å². The molecule has 2 amide bonds. The molecule has 2 N–H and O–H groups in total. The zero-order chi connectivity index (χ0) is 21.7. The van der Waals surface area contributed by atoms with E-state index < -0.39 is 9.84 Å². The SMILES string of the molecule is C[C@H](NC(=O)c1ccc(S(C)(=O)=O)cc1)c1cccc(NC(=O)c2ccccc2)c1. The third-order valence-corrected chi connectivity index (χ3v) is 5.70. The predicted molar refractivity (Wildman–Crippen MR) is 116 cm³/mol. The second kappa shape index (κ2) is 8.92. The molecule has 0 aliphatic carbocycles. The maximum Gasteiger partial charge on any atom is 0.255 e. The fraction of sp³-hybridized carbons (Fsp3) is 0.130. The maximum absolute atomic E-state index is 12.5. The van der Waals surface area contributed by atoms with Gasteiger partial charge in [0.2, 0.25) is 0 Å². The van der Waals surface area contributed by atoms with Crippen molar-refractivity contribution in [2.24, 2.45) is 0 Å². The Kier molecular flexibility index (Phi) is 6.32. The van der Waals surface area contributed by atoms with Gasteiger partial charge in [-0.25, -0.2) is 8.42 Å². The highest BCUT2D eigenvalue weighted by atomic mass is 32.2. The summed E-state index contributed by atoms with van der Waals surface area (Å²) in [6.45, 7) is 1.83. The molecule has 7 heteroatoms. The van der Waals surface area contributed by atoms with Crippen LogP contribution >= 0.6 is 0 Å². The van der Waals surface area contributed by atoms with E-state index in [0.717, 1.165) is 11.8 Å². The fourth-order valence-corrected chi connectivity index (χ4v) is 3.53. The van der Waals surface area contributed by atoms with Crippen LogP contribution in [0.2, 0.25) is 0 Å². The molecule has 0 fully saturated rings. The molecule has 0 aliphatic rings. The maximum atomic E-state index is 12.5. The van der Waals surface area contributed by atoms with Crippen molar-refractivity contribution in [3.63, 3.8) is 0 Å². The van der Waals surface area contributed by atoms with Gasteiger partial charge in [0.15, 0.2) is 9.84 Å². The van der Waals surface area contributed by atoms with Gasteiger partial charge in [0.05, 0.1) is 10.9 Å². The minimum atomic E-state index is -3.31. The number of rotatable bonds is 6. The number of amides is 2. The molecule has 0 radical (unpaired) electrons. The number of hydrogen-bond donors (Lipinski definition) is 2. The summed E-state index contributed by atoms with van der Waals surface area (Å²) < 4.78 is 23.1. The first-order chi connectivity index (χ1) is 14.2. The van der Waals surface area contributed by atoms with Gasteiger partial charge in [0.25, 0.3) is 11.8 Å². The Labute approximate surface area is 175 Å². The zero-order valence-corrected chi connectivity index (χ0v) is 17.4. The molecule has 30 heavy (non-hydrogen) atoms. The first kappa shape index (κ1) is 21.3. The molecule has 0 unspecified atom stereocenters. The molecule has 0 saturated heterocycles. The van der Waals surface area contributed by atoms with E-state index >= 15 is 0 Å². The Hall–Kier alpha value is -3.45. The van der Waals surface area contributed by atoms with Gasteiger partial charge in [0.1, 0.15) is 0 Å². The Balaban J connectivity index is 1.68. The average Bonchev–Trinajstić information content (AvgIpc) is 2.74. The first-order valence-electron chi connectivity index (χ1n) is 9.31. The molecule has 1 atom stereocenters. The Morgan fingerprint density at radius 3 is 2.07 bits per heavy atom. The number of carbonyl (C=O) groups excluding carboxylic acids is 2. The van der Waals surface area contributed by atoms with Gasteiger partial charge in [-0.3, -0.25) is 9.59 Å². The van der Waals surface area contributed by atoms with Crippen LogP contribution in [0.3, 0.4) is 0 Å². The minimum Gasteiger partial charge on any atom is -0.346 e. The molecule has 0 heterocycles. The van der Waals surface area contributed by atoms with Gasteiger partial charge in [0, 0.05) is 23.1 Å². The van der Waals surface area contributed by atoms with E-state index in [9.17, 15) is 18.0 Å². The molecule has 0 aromatic heterocycles. The summed E-state index contributed by atoms with van der Waals surface area (Å²) >= 11 is 0. The summed E-state index contributed by atoms with van der Waals surface area (Å²) in [6, 6.07) is 21.6. The quantitative estimate of drug-likeness (QED) is 0.631. The van der Waals surface area contributed by atoms with Gasteiger partial charge >= 0.3 is 0 Å². The Morgan fingerprint density at radius 1 is 0.800 bits per heavy atom. The van der Waals surface area contributed by atoms with Crippen LogP contribution in [-0.2, 0) is 9.84 Å². The number of nitrogens with one attached hydrogen (secondary N) is 2. The lowest BCUT2D eigenvalue weighted by Crippen LogP contribution is -2.26. The van der Waals surface area contributed by atoms with E-state index in [4.69, 9.17) is 0 Å². The molecule has 0 saturated carbocycles. The summed E-state index contributed by atoms with van der Waals surface area (Å²) in [4.78, 5) is 25.0. The standard InChI is InChI=1S/C23H22N2O4S/c1-16(24-22(26)18-11-13-21(14-12-18)30(2,28)29)19-9-6-10-20(15-19)25-23(27)17-7-4-3-5-8-17/h3-16H,1-2H3,(H,24,26)(H,25,27)/t16-/m0/s1. The second-order valence-electron chi connectivity index (χ2n) is 6.94. The molecular formula is C23H22N2O4S. The highest BCUT2D eigenvalue weighted by Gasteiger charge is 2.14. The van der Waals surface area contributed by atoms with Crippen molar-refractivity contribution in [3.05, 3.63) is 95.6 Å². The van der Waals surface area contributed by atoms with Crippen molar-refractivity contribution >= 4 is 27.3 Å². The lowest BCUT2D eigenvalue weighted by Gasteiger charge is -2.16. The molecule has 0 bridgehead atoms. The first-order valence-corrected chi connectivity index (χ1v) is 11.2. The van der Waals surface area contributed by atoms with Gasteiger partial charge < -0.3 is 10.6 Å². The van der Waals surface area contributed by atoms with Gasteiger partial charge in [-0.2, -0.15) is 0 Å². The molecule has 3 aromatic carbocycles. The zero-order valence-electron chi connectivity index (χ0n) is 16.6. The second-order valence-corrected chi connectivity index (χ2v) is 8.95. The summed E-state index contributed by atoms with van der Waals surface area (Å²) in [5.41, 5.74) is 2.37. The van der Waals surface area contributed by atoms with Gasteiger partial charge in [-0.05, 0) is 61.0 Å². The topological polar surface area (TPSA) is 92.3 Å². The normalized spacial score (nSPS) is 12.1. The fourth-order valence-electron chi connectivity index (χ4n) is 2.90. The van der Waals surface area contributed by atoms with E-state index in [1.54, 1.807) is 42.5 Å². The Bertz CT molecular complexity index is 1160. The van der Waals surface area contributed by atoms with Crippen molar-refractivity contribution in [1.29, 1.82) is 0 Å². The van der Waals surface area contributed by atoms with Gasteiger partial charge in [-0.15, -0.1) is 0 Å². The van der Waals surface area contributed by atoms with Crippen LogP contribution in [0.1, 0.15) is 39.2 Å². The van der Waals surface area contributed by atoms with Crippen LogP contribution in [0, 0.1) is 0 Å². The number of anilines is 1. The summed E-state index contributed by atoms with van der Waals surface area (Å²) in [5.74, 6) is -0.531. The van der Waals surface area contributed by atoms with Crippen LogP contribution in [0.25, 0.3) is 0 Å². The van der Waals surface area contributed by atoms with Crippen LogP contribution in [-0.4, -0.2) is 26.5 Å². The highest BCUT2D eigenvalue weighted by Crippen LogP contribution is 2.19. The molecule has 3 rings (SSSR count). The minimum absolute atomic E-state index is 0.161. The average molecular weight is 423 g/mol. The summed E-state index contributed by atoms with van der Waals surface area (Å²) in [7, 11) is -3.31. The van der Waals surface area contributed by atoms with Crippen LogP contribution in [0.5, 0.6) is 0 Å². The lowest BCUT2D eigenvalue weighted by atomic mass is 10.1. The van der Waals surface area contributed by atoms with Crippen molar-refractivity contribution < 1.29 is 18.0 Å². The van der Waals surface area contributed by atoms with Crippen LogP contribution < -0.4 is 10.6 Å². The van der Waals surface area contributed by atoms with Crippen molar-refractivity contribution in [1.82, 2.24) is 5.32 Å².